The molecule has 1 N–H and O–H groups in total. The number of carbonyl (C=O) groups is 1. The highest BCUT2D eigenvalue weighted by molar-refractivity contribution is 7.89. The molecule has 5 nitrogen and oxygen atoms in total. The third-order valence-corrected chi connectivity index (χ3v) is 6.91. The molecule has 0 aliphatic heterocycles. The molecule has 0 aliphatic carbocycles. The number of aromatic carboxylic acids is 1. The van der Waals surface area contributed by atoms with Gasteiger partial charge in [0.1, 0.15) is 9.77 Å². The van der Waals surface area contributed by atoms with Gasteiger partial charge in [-0.25, -0.2) is 13.2 Å². The summed E-state index contributed by atoms with van der Waals surface area (Å²) in [5, 5.41) is 10.8. The molecule has 7 heteroatoms. The van der Waals surface area contributed by atoms with E-state index < -0.39 is 16.0 Å². The number of carboxylic acid groups (broad SMARTS) is 1. The van der Waals surface area contributed by atoms with E-state index in [1.165, 1.54) is 4.31 Å². The van der Waals surface area contributed by atoms with E-state index >= 15 is 0 Å². The molecule has 1 unspecified atom stereocenters. The lowest BCUT2D eigenvalue weighted by atomic mass is 10.2. The van der Waals surface area contributed by atoms with Crippen LogP contribution < -0.4 is 0 Å². The van der Waals surface area contributed by atoms with Crippen LogP contribution in [0.1, 0.15) is 55.3 Å². The van der Waals surface area contributed by atoms with Gasteiger partial charge in [0.25, 0.3) is 0 Å². The van der Waals surface area contributed by atoms with E-state index in [4.69, 9.17) is 0 Å². The molecule has 1 aromatic heterocycles. The second-order valence-corrected chi connectivity index (χ2v) is 7.82. The van der Waals surface area contributed by atoms with Crippen LogP contribution in [0.2, 0.25) is 0 Å². The zero-order valence-electron chi connectivity index (χ0n) is 12.9. The molecule has 1 heterocycles. The lowest BCUT2D eigenvalue weighted by Gasteiger charge is -2.28. The Morgan fingerprint density at radius 2 is 2.05 bits per heavy atom. The van der Waals surface area contributed by atoms with Crippen molar-refractivity contribution in [1.29, 1.82) is 0 Å². The molecule has 0 aromatic carbocycles. The van der Waals surface area contributed by atoms with Crippen molar-refractivity contribution in [3.63, 3.8) is 0 Å². The van der Waals surface area contributed by atoms with Crippen molar-refractivity contribution >= 4 is 27.3 Å². The van der Waals surface area contributed by atoms with Gasteiger partial charge < -0.3 is 5.11 Å². The molecule has 21 heavy (non-hydrogen) atoms. The first-order valence-electron chi connectivity index (χ1n) is 7.10. The lowest BCUT2D eigenvalue weighted by Crippen LogP contribution is -2.39. The summed E-state index contributed by atoms with van der Waals surface area (Å²) in [4.78, 5) is 11.1. The number of nitrogens with zero attached hydrogens (tertiary/aromatic N) is 1. The molecule has 0 amide bonds. The van der Waals surface area contributed by atoms with Crippen LogP contribution in [0.5, 0.6) is 0 Å². The van der Waals surface area contributed by atoms with Crippen LogP contribution in [0.15, 0.2) is 10.3 Å². The van der Waals surface area contributed by atoms with Crippen LogP contribution in [0.25, 0.3) is 0 Å². The summed E-state index contributed by atoms with van der Waals surface area (Å²) in [5.74, 6) is -1.19. The fraction of sp³-hybridized carbons (Fsp3) is 0.643. The molecule has 1 rings (SSSR count). The van der Waals surface area contributed by atoms with Gasteiger partial charge in [0, 0.05) is 12.6 Å². The van der Waals surface area contributed by atoms with Crippen molar-refractivity contribution in [2.24, 2.45) is 0 Å². The van der Waals surface area contributed by atoms with E-state index in [1.54, 1.807) is 12.3 Å². The standard InChI is InChI=1S/C14H23NO4S2/c1-5-7-8-15(11(4)6-2)21(18,19)13-10(3)9-20-12(13)14(16)17/h9,11H,5-8H2,1-4H3,(H,16,17). The molecular formula is C14H23NO4S2. The summed E-state index contributed by atoms with van der Waals surface area (Å²) in [5.41, 5.74) is 0.502. The van der Waals surface area contributed by atoms with Gasteiger partial charge in [-0.3, -0.25) is 0 Å². The number of carboxylic acids is 1. The van der Waals surface area contributed by atoms with Gasteiger partial charge in [0.15, 0.2) is 0 Å². The minimum absolute atomic E-state index is 0.0450. The normalized spacial score (nSPS) is 13.6. The highest BCUT2D eigenvalue weighted by atomic mass is 32.2. The molecule has 0 spiro atoms. The van der Waals surface area contributed by atoms with E-state index in [9.17, 15) is 18.3 Å². The number of aryl methyl sites for hydroxylation is 1. The van der Waals surface area contributed by atoms with Crippen LogP contribution in [-0.4, -0.2) is 36.4 Å². The van der Waals surface area contributed by atoms with Crippen LogP contribution in [0.4, 0.5) is 0 Å². The largest absolute Gasteiger partial charge is 0.477 e. The van der Waals surface area contributed by atoms with Gasteiger partial charge in [-0.2, -0.15) is 4.31 Å². The van der Waals surface area contributed by atoms with Crippen molar-refractivity contribution in [3.05, 3.63) is 15.8 Å². The van der Waals surface area contributed by atoms with Crippen LogP contribution in [0, 0.1) is 6.92 Å². The summed E-state index contributed by atoms with van der Waals surface area (Å²) < 4.78 is 27.3. The van der Waals surface area contributed by atoms with Gasteiger partial charge in [-0.05, 0) is 37.6 Å². The van der Waals surface area contributed by atoms with Crippen LogP contribution >= 0.6 is 11.3 Å². The van der Waals surface area contributed by atoms with Crippen molar-refractivity contribution in [3.8, 4) is 0 Å². The fourth-order valence-corrected chi connectivity index (χ4v) is 5.44. The monoisotopic (exact) mass is 333 g/mol. The van der Waals surface area contributed by atoms with Crippen molar-refractivity contribution < 1.29 is 18.3 Å². The van der Waals surface area contributed by atoms with E-state index in [1.807, 2.05) is 20.8 Å². The number of sulfonamides is 1. The number of hydrogen-bond donors (Lipinski definition) is 1. The molecule has 0 saturated carbocycles. The molecule has 0 aliphatic rings. The summed E-state index contributed by atoms with van der Waals surface area (Å²) >= 11 is 0.966. The van der Waals surface area contributed by atoms with Gasteiger partial charge in [-0.1, -0.05) is 20.3 Å². The van der Waals surface area contributed by atoms with Crippen molar-refractivity contribution in [1.82, 2.24) is 4.31 Å². The molecule has 1 aromatic rings. The first-order chi connectivity index (χ1) is 9.77. The highest BCUT2D eigenvalue weighted by Crippen LogP contribution is 2.31. The van der Waals surface area contributed by atoms with Crippen LogP contribution in [-0.2, 0) is 10.0 Å². The second-order valence-electron chi connectivity index (χ2n) is 5.11. The second kappa shape index (κ2) is 7.38. The van der Waals surface area contributed by atoms with Gasteiger partial charge in [0.05, 0.1) is 0 Å². The maximum absolute atomic E-state index is 12.9. The molecule has 0 bridgehead atoms. The molecule has 0 radical (unpaired) electrons. The number of unbranched alkanes of at least 4 members (excludes halogenated alkanes) is 1. The van der Waals surface area contributed by atoms with Crippen molar-refractivity contribution in [2.45, 2.75) is 57.9 Å². The van der Waals surface area contributed by atoms with Gasteiger partial charge >= 0.3 is 5.97 Å². The molecule has 1 atom stereocenters. The predicted molar refractivity (Wildman–Crippen MR) is 84.6 cm³/mol. The zero-order chi connectivity index (χ0) is 16.2. The highest BCUT2D eigenvalue weighted by Gasteiger charge is 2.34. The molecule has 0 saturated heterocycles. The summed E-state index contributed by atoms with van der Waals surface area (Å²) in [6.07, 6.45) is 2.33. The Morgan fingerprint density at radius 3 is 2.52 bits per heavy atom. The number of hydrogen-bond acceptors (Lipinski definition) is 4. The minimum Gasteiger partial charge on any atom is -0.477 e. The topological polar surface area (TPSA) is 74.7 Å². The predicted octanol–water partition coefficient (Wildman–Crippen LogP) is 3.34. The van der Waals surface area contributed by atoms with Gasteiger partial charge in [-0.15, -0.1) is 11.3 Å². The van der Waals surface area contributed by atoms with E-state index in [0.29, 0.717) is 18.5 Å². The molecular weight excluding hydrogens is 310 g/mol. The molecule has 120 valence electrons. The third-order valence-electron chi connectivity index (χ3n) is 3.49. The Hall–Kier alpha value is -0.920. The SMILES string of the molecule is CCCCN(C(C)CC)S(=O)(=O)c1c(C)csc1C(=O)O. The maximum atomic E-state index is 12.9. The fourth-order valence-electron chi connectivity index (χ4n) is 2.11. The number of rotatable bonds is 8. The van der Waals surface area contributed by atoms with Gasteiger partial charge in [0.2, 0.25) is 10.0 Å². The zero-order valence-corrected chi connectivity index (χ0v) is 14.6. The van der Waals surface area contributed by atoms with Crippen LogP contribution in [0.3, 0.4) is 0 Å². The lowest BCUT2D eigenvalue weighted by molar-refractivity contribution is 0.0698. The Morgan fingerprint density at radius 1 is 1.43 bits per heavy atom. The first kappa shape index (κ1) is 18.1. The summed E-state index contributed by atoms with van der Waals surface area (Å²) in [7, 11) is -3.78. The molecule has 0 fully saturated rings. The summed E-state index contributed by atoms with van der Waals surface area (Å²) in [6, 6.07) is -0.150. The van der Waals surface area contributed by atoms with Crippen molar-refractivity contribution in [2.75, 3.05) is 6.54 Å². The first-order valence-corrected chi connectivity index (χ1v) is 9.42. The summed E-state index contributed by atoms with van der Waals surface area (Å²) in [6.45, 7) is 7.85. The Bertz CT molecular complexity index is 592. The Labute approximate surface area is 130 Å². The maximum Gasteiger partial charge on any atom is 0.347 e. The third kappa shape index (κ3) is 3.84. The smallest absolute Gasteiger partial charge is 0.347 e. The quantitative estimate of drug-likeness (QED) is 0.791. The van der Waals surface area contributed by atoms with E-state index in [-0.39, 0.29) is 15.8 Å². The number of thiophene rings is 1. The average Bonchev–Trinajstić information content (AvgIpc) is 2.81. The minimum atomic E-state index is -3.78. The average molecular weight is 333 g/mol. The van der Waals surface area contributed by atoms with E-state index in [2.05, 4.69) is 0 Å². The van der Waals surface area contributed by atoms with E-state index in [0.717, 1.165) is 24.2 Å². The Balaban J connectivity index is 3.35. The Kier molecular flexibility index (Phi) is 6.37.